The predicted octanol–water partition coefficient (Wildman–Crippen LogP) is 3.89. The van der Waals surface area contributed by atoms with Crippen LogP contribution < -0.4 is 5.32 Å². The van der Waals surface area contributed by atoms with E-state index >= 15 is 0 Å². The minimum atomic E-state index is 0.531. The molecule has 3 heteroatoms. The van der Waals surface area contributed by atoms with Gasteiger partial charge in [-0.25, -0.2) is 0 Å². The largest absolute Gasteiger partial charge is 0.347 e. The van der Waals surface area contributed by atoms with Gasteiger partial charge in [0.1, 0.15) is 0 Å². The molecule has 2 aromatic rings. The second-order valence-electron chi connectivity index (χ2n) is 5.13. The molecule has 0 saturated heterocycles. The van der Waals surface area contributed by atoms with Gasteiger partial charge in [-0.15, -0.1) is 0 Å². The number of benzene rings is 1. The molecule has 1 aromatic carbocycles. The molecule has 0 spiro atoms. The highest BCUT2D eigenvalue weighted by Crippen LogP contribution is 2.18. The number of nitrogens with zero attached hydrogens (tertiary/aromatic N) is 1. The van der Waals surface area contributed by atoms with E-state index in [0.29, 0.717) is 6.04 Å². The van der Waals surface area contributed by atoms with Gasteiger partial charge in [-0.1, -0.05) is 32.9 Å². The van der Waals surface area contributed by atoms with Gasteiger partial charge in [0, 0.05) is 36.6 Å². The molecule has 0 aliphatic rings. The van der Waals surface area contributed by atoms with Crippen molar-refractivity contribution in [3.8, 4) is 0 Å². The second-order valence-corrected chi connectivity index (χ2v) is 6.53. The van der Waals surface area contributed by atoms with Crippen molar-refractivity contribution in [1.29, 1.82) is 0 Å². The van der Waals surface area contributed by atoms with Crippen molar-refractivity contribution in [2.75, 3.05) is 11.5 Å². The summed E-state index contributed by atoms with van der Waals surface area (Å²) in [7, 11) is 0. The first kappa shape index (κ1) is 14.5. The lowest BCUT2D eigenvalue weighted by Crippen LogP contribution is -2.21. The molecule has 19 heavy (non-hydrogen) atoms. The van der Waals surface area contributed by atoms with Gasteiger partial charge in [0.2, 0.25) is 0 Å². The van der Waals surface area contributed by atoms with Crippen LogP contribution in [0.5, 0.6) is 0 Å². The Morgan fingerprint density at radius 3 is 2.84 bits per heavy atom. The van der Waals surface area contributed by atoms with Gasteiger partial charge in [-0.2, -0.15) is 11.8 Å². The molecule has 2 rings (SSSR count). The topological polar surface area (TPSA) is 17.0 Å². The number of aryl methyl sites for hydroxylation is 1. The SMILES string of the molecule is CCSCCn1ccc2ccc(CNC(C)C)cc21. The Balaban J connectivity index is 2.12. The zero-order valence-electron chi connectivity index (χ0n) is 12.1. The molecule has 1 heterocycles. The molecule has 1 aromatic heterocycles. The van der Waals surface area contributed by atoms with E-state index in [4.69, 9.17) is 0 Å². The fraction of sp³-hybridized carbons (Fsp3) is 0.500. The van der Waals surface area contributed by atoms with Crippen molar-refractivity contribution in [1.82, 2.24) is 9.88 Å². The highest BCUT2D eigenvalue weighted by Gasteiger charge is 2.03. The number of fused-ring (bicyclic) bond motifs is 1. The van der Waals surface area contributed by atoms with Crippen LogP contribution in [-0.2, 0) is 13.1 Å². The normalized spacial score (nSPS) is 11.6. The Hall–Kier alpha value is -0.930. The molecule has 0 atom stereocenters. The number of nitrogens with one attached hydrogen (secondary N) is 1. The lowest BCUT2D eigenvalue weighted by atomic mass is 10.1. The van der Waals surface area contributed by atoms with Gasteiger partial charge in [0.05, 0.1) is 0 Å². The molecule has 0 radical (unpaired) electrons. The fourth-order valence-corrected chi connectivity index (χ4v) is 2.78. The second kappa shape index (κ2) is 7.01. The standard InChI is InChI=1S/C16H24N2S/c1-4-19-10-9-18-8-7-15-6-5-14(11-16(15)18)12-17-13(2)3/h5-8,11,13,17H,4,9-10,12H2,1-3H3. The van der Waals surface area contributed by atoms with E-state index in [2.05, 4.69) is 61.1 Å². The highest BCUT2D eigenvalue weighted by molar-refractivity contribution is 7.99. The van der Waals surface area contributed by atoms with Gasteiger partial charge in [-0.05, 0) is 28.8 Å². The number of thioether (sulfide) groups is 1. The van der Waals surface area contributed by atoms with E-state index in [9.17, 15) is 0 Å². The van der Waals surface area contributed by atoms with Crippen molar-refractivity contribution in [2.24, 2.45) is 0 Å². The first-order chi connectivity index (χ1) is 9.20. The Bertz CT molecular complexity index is 516. The summed E-state index contributed by atoms with van der Waals surface area (Å²) in [6.07, 6.45) is 2.21. The first-order valence-electron chi connectivity index (χ1n) is 7.09. The van der Waals surface area contributed by atoms with Gasteiger partial charge in [0.15, 0.2) is 0 Å². The van der Waals surface area contributed by atoms with Crippen LogP contribution >= 0.6 is 11.8 Å². The molecule has 2 nitrogen and oxygen atoms in total. The molecule has 104 valence electrons. The van der Waals surface area contributed by atoms with E-state index in [1.54, 1.807) is 0 Å². The maximum atomic E-state index is 3.48. The first-order valence-corrected chi connectivity index (χ1v) is 8.25. The molecule has 0 bridgehead atoms. The smallest absolute Gasteiger partial charge is 0.0483 e. The van der Waals surface area contributed by atoms with Crippen LogP contribution in [0.4, 0.5) is 0 Å². The Kier molecular flexibility index (Phi) is 5.34. The molecule has 0 unspecified atom stereocenters. The highest BCUT2D eigenvalue weighted by atomic mass is 32.2. The number of aromatic nitrogens is 1. The lowest BCUT2D eigenvalue weighted by Gasteiger charge is -2.09. The van der Waals surface area contributed by atoms with Crippen LogP contribution in [0, 0.1) is 0 Å². The van der Waals surface area contributed by atoms with E-state index in [-0.39, 0.29) is 0 Å². The molecular formula is C16H24N2S. The summed E-state index contributed by atoms with van der Waals surface area (Å²) in [6.45, 7) is 8.63. The van der Waals surface area contributed by atoms with Crippen molar-refractivity contribution in [3.63, 3.8) is 0 Å². The molecule has 0 aliphatic heterocycles. The van der Waals surface area contributed by atoms with Crippen LogP contribution in [0.2, 0.25) is 0 Å². The number of rotatable bonds is 7. The molecule has 1 N–H and O–H groups in total. The Labute approximate surface area is 120 Å². The fourth-order valence-electron chi connectivity index (χ4n) is 2.16. The van der Waals surface area contributed by atoms with E-state index in [0.717, 1.165) is 13.1 Å². The number of hydrogen-bond donors (Lipinski definition) is 1. The number of hydrogen-bond acceptors (Lipinski definition) is 2. The van der Waals surface area contributed by atoms with Crippen molar-refractivity contribution in [2.45, 2.75) is 39.9 Å². The summed E-state index contributed by atoms with van der Waals surface area (Å²) in [4.78, 5) is 0. The van der Waals surface area contributed by atoms with Gasteiger partial charge in [-0.3, -0.25) is 0 Å². The van der Waals surface area contributed by atoms with Crippen LogP contribution in [0.15, 0.2) is 30.5 Å². The maximum Gasteiger partial charge on any atom is 0.0483 e. The van der Waals surface area contributed by atoms with Crippen molar-refractivity contribution >= 4 is 22.7 Å². The Morgan fingerprint density at radius 2 is 2.11 bits per heavy atom. The zero-order valence-corrected chi connectivity index (χ0v) is 13.0. The Morgan fingerprint density at radius 1 is 1.26 bits per heavy atom. The third kappa shape index (κ3) is 4.02. The average Bonchev–Trinajstić information content (AvgIpc) is 2.79. The zero-order chi connectivity index (χ0) is 13.7. The van der Waals surface area contributed by atoms with Crippen molar-refractivity contribution in [3.05, 3.63) is 36.0 Å². The molecule has 0 amide bonds. The summed E-state index contributed by atoms with van der Waals surface area (Å²) >= 11 is 2.00. The third-order valence-electron chi connectivity index (χ3n) is 3.23. The van der Waals surface area contributed by atoms with Gasteiger partial charge >= 0.3 is 0 Å². The summed E-state index contributed by atoms with van der Waals surface area (Å²) in [5.41, 5.74) is 2.73. The van der Waals surface area contributed by atoms with E-state index in [1.165, 1.54) is 28.0 Å². The summed E-state index contributed by atoms with van der Waals surface area (Å²) < 4.78 is 2.37. The molecule has 0 saturated carbocycles. The van der Waals surface area contributed by atoms with Crippen molar-refractivity contribution < 1.29 is 0 Å². The quantitative estimate of drug-likeness (QED) is 0.773. The van der Waals surface area contributed by atoms with Gasteiger partial charge in [0.25, 0.3) is 0 Å². The monoisotopic (exact) mass is 276 g/mol. The third-order valence-corrected chi connectivity index (χ3v) is 4.11. The maximum absolute atomic E-state index is 3.48. The van der Waals surface area contributed by atoms with E-state index in [1.807, 2.05) is 11.8 Å². The molecule has 0 fully saturated rings. The summed E-state index contributed by atoms with van der Waals surface area (Å²) in [5, 5.41) is 4.82. The average molecular weight is 276 g/mol. The van der Waals surface area contributed by atoms with Gasteiger partial charge < -0.3 is 9.88 Å². The lowest BCUT2D eigenvalue weighted by molar-refractivity contribution is 0.589. The molecule has 0 aliphatic carbocycles. The van der Waals surface area contributed by atoms with Crippen LogP contribution in [0.3, 0.4) is 0 Å². The molecular weight excluding hydrogens is 252 g/mol. The summed E-state index contributed by atoms with van der Waals surface area (Å²) in [5.74, 6) is 2.39. The minimum absolute atomic E-state index is 0.531. The minimum Gasteiger partial charge on any atom is -0.347 e. The predicted molar refractivity (Wildman–Crippen MR) is 86.9 cm³/mol. The van der Waals surface area contributed by atoms with Crippen LogP contribution in [0.25, 0.3) is 10.9 Å². The van der Waals surface area contributed by atoms with Crippen LogP contribution in [-0.4, -0.2) is 22.1 Å². The van der Waals surface area contributed by atoms with Crippen LogP contribution in [0.1, 0.15) is 26.3 Å². The summed E-state index contributed by atoms with van der Waals surface area (Å²) in [6, 6.07) is 9.52. The van der Waals surface area contributed by atoms with E-state index < -0.39 is 0 Å².